The number of fused-ring (bicyclic) bond motifs is 2. The van der Waals surface area contributed by atoms with Crippen molar-refractivity contribution in [2.75, 3.05) is 5.32 Å². The van der Waals surface area contributed by atoms with E-state index in [4.69, 9.17) is 4.98 Å². The number of aromatic nitrogens is 1. The minimum Gasteiger partial charge on any atom is -0.355 e. The maximum atomic E-state index is 5.05. The highest BCUT2D eigenvalue weighted by Gasteiger charge is 2.20. The zero-order chi connectivity index (χ0) is 17.4. The van der Waals surface area contributed by atoms with E-state index in [-0.39, 0.29) is 5.41 Å². The summed E-state index contributed by atoms with van der Waals surface area (Å²) in [6.45, 7) is 6.78. The van der Waals surface area contributed by atoms with Crippen LogP contribution in [0, 0.1) is 0 Å². The van der Waals surface area contributed by atoms with Gasteiger partial charge in [-0.1, -0.05) is 51.1 Å². The summed E-state index contributed by atoms with van der Waals surface area (Å²) < 4.78 is 0. The number of pyridine rings is 1. The van der Waals surface area contributed by atoms with Gasteiger partial charge in [0.25, 0.3) is 0 Å². The Hall–Kier alpha value is -2.35. The largest absolute Gasteiger partial charge is 0.355 e. The van der Waals surface area contributed by atoms with Gasteiger partial charge in [0.05, 0.1) is 11.2 Å². The first kappa shape index (κ1) is 16.1. The first-order valence-electron chi connectivity index (χ1n) is 9.30. The Morgan fingerprint density at radius 2 is 1.68 bits per heavy atom. The minimum atomic E-state index is 0.138. The van der Waals surface area contributed by atoms with Gasteiger partial charge in [0.2, 0.25) is 0 Å². The predicted octanol–water partition coefficient (Wildman–Crippen LogP) is 6.15. The van der Waals surface area contributed by atoms with Crippen LogP contribution in [-0.2, 0) is 18.3 Å². The van der Waals surface area contributed by atoms with Crippen molar-refractivity contribution < 1.29 is 0 Å². The highest BCUT2D eigenvalue weighted by molar-refractivity contribution is 5.95. The molecule has 3 aromatic rings. The number of hydrogen-bond acceptors (Lipinski definition) is 2. The lowest BCUT2D eigenvalue weighted by atomic mass is 9.85. The second-order valence-corrected chi connectivity index (χ2v) is 8.09. The first-order valence-corrected chi connectivity index (χ1v) is 9.30. The van der Waals surface area contributed by atoms with Crippen LogP contribution < -0.4 is 5.32 Å². The average Bonchev–Trinajstić information content (AvgIpc) is 2.61. The van der Waals surface area contributed by atoms with Crippen LogP contribution in [0.25, 0.3) is 10.9 Å². The lowest BCUT2D eigenvalue weighted by Crippen LogP contribution is -2.13. The molecule has 0 bridgehead atoms. The van der Waals surface area contributed by atoms with E-state index in [1.165, 1.54) is 40.7 Å². The number of hydrogen-bond donors (Lipinski definition) is 1. The smallest absolute Gasteiger partial charge is 0.0729 e. The van der Waals surface area contributed by atoms with Crippen molar-refractivity contribution >= 4 is 22.3 Å². The second-order valence-electron chi connectivity index (χ2n) is 8.09. The summed E-state index contributed by atoms with van der Waals surface area (Å²) in [4.78, 5) is 5.05. The van der Waals surface area contributed by atoms with Crippen LogP contribution in [0.2, 0.25) is 0 Å². The normalized spacial score (nSPS) is 14.4. The van der Waals surface area contributed by atoms with E-state index in [1.54, 1.807) is 0 Å². The van der Waals surface area contributed by atoms with Crippen molar-refractivity contribution in [3.63, 3.8) is 0 Å². The molecule has 0 unspecified atom stereocenters. The Balaban J connectivity index is 1.91. The van der Waals surface area contributed by atoms with E-state index in [2.05, 4.69) is 74.6 Å². The fraction of sp³-hybridized carbons (Fsp3) is 0.348. The third-order valence-electron chi connectivity index (χ3n) is 5.17. The molecule has 0 saturated heterocycles. The van der Waals surface area contributed by atoms with E-state index in [0.717, 1.165) is 24.0 Å². The second kappa shape index (κ2) is 6.18. The molecule has 0 radical (unpaired) electrons. The van der Waals surface area contributed by atoms with Crippen molar-refractivity contribution in [2.45, 2.75) is 51.9 Å². The van der Waals surface area contributed by atoms with Crippen LogP contribution in [0.5, 0.6) is 0 Å². The number of rotatable bonds is 2. The molecule has 1 aliphatic rings. The molecule has 0 saturated carbocycles. The Kier molecular flexibility index (Phi) is 3.99. The van der Waals surface area contributed by atoms with Gasteiger partial charge in [0.15, 0.2) is 0 Å². The van der Waals surface area contributed by atoms with Gasteiger partial charge in [-0.2, -0.15) is 0 Å². The van der Waals surface area contributed by atoms with Gasteiger partial charge in [-0.25, -0.2) is 0 Å². The summed E-state index contributed by atoms with van der Waals surface area (Å²) in [7, 11) is 0. The number of para-hydroxylation sites is 1. The Bertz CT molecular complexity index is 905. The lowest BCUT2D eigenvalue weighted by molar-refractivity contribution is 0.591. The summed E-state index contributed by atoms with van der Waals surface area (Å²) >= 11 is 0. The molecule has 1 aliphatic carbocycles. The van der Waals surface area contributed by atoms with E-state index in [1.807, 2.05) is 0 Å². The molecule has 1 aromatic heterocycles. The van der Waals surface area contributed by atoms with Gasteiger partial charge in [-0.15, -0.1) is 0 Å². The Morgan fingerprint density at radius 1 is 0.920 bits per heavy atom. The number of nitrogens with zero attached hydrogens (tertiary/aromatic N) is 1. The van der Waals surface area contributed by atoms with Crippen molar-refractivity contribution in [3.05, 3.63) is 65.4 Å². The predicted molar refractivity (Wildman–Crippen MR) is 107 cm³/mol. The van der Waals surface area contributed by atoms with E-state index in [9.17, 15) is 0 Å². The van der Waals surface area contributed by atoms with Crippen molar-refractivity contribution in [3.8, 4) is 0 Å². The average molecular weight is 330 g/mol. The van der Waals surface area contributed by atoms with Crippen LogP contribution in [-0.4, -0.2) is 4.98 Å². The fourth-order valence-electron chi connectivity index (χ4n) is 3.70. The number of benzene rings is 2. The zero-order valence-electron chi connectivity index (χ0n) is 15.4. The SMILES string of the molecule is CC(C)(C)c1ccc2c(Nc3ccccc3)c3c(nc2c1)CCCC3. The topological polar surface area (TPSA) is 24.9 Å². The third kappa shape index (κ3) is 3.13. The molecule has 2 nitrogen and oxygen atoms in total. The van der Waals surface area contributed by atoms with Gasteiger partial charge >= 0.3 is 0 Å². The quantitative estimate of drug-likeness (QED) is 0.609. The molecule has 25 heavy (non-hydrogen) atoms. The fourth-order valence-corrected chi connectivity index (χ4v) is 3.70. The molecule has 2 aromatic carbocycles. The lowest BCUT2D eigenvalue weighted by Gasteiger charge is -2.24. The Morgan fingerprint density at radius 3 is 2.44 bits per heavy atom. The number of anilines is 2. The molecule has 1 N–H and O–H groups in total. The molecular formula is C23H26N2. The van der Waals surface area contributed by atoms with E-state index < -0.39 is 0 Å². The molecule has 0 aliphatic heterocycles. The summed E-state index contributed by atoms with van der Waals surface area (Å²) in [5, 5.41) is 4.93. The summed E-state index contributed by atoms with van der Waals surface area (Å²) in [6, 6.07) is 17.3. The molecule has 4 rings (SSSR count). The summed E-state index contributed by atoms with van der Waals surface area (Å²) in [6.07, 6.45) is 4.71. The number of nitrogens with one attached hydrogen (secondary N) is 1. The molecular weight excluding hydrogens is 304 g/mol. The summed E-state index contributed by atoms with van der Waals surface area (Å²) in [5.74, 6) is 0. The molecule has 2 heteroatoms. The highest BCUT2D eigenvalue weighted by Crippen LogP contribution is 2.36. The van der Waals surface area contributed by atoms with Gasteiger partial charge < -0.3 is 5.32 Å². The van der Waals surface area contributed by atoms with Gasteiger partial charge in [-0.3, -0.25) is 4.98 Å². The molecule has 1 heterocycles. The van der Waals surface area contributed by atoms with Crippen LogP contribution in [0.1, 0.15) is 50.4 Å². The molecule has 0 amide bonds. The molecule has 0 fully saturated rings. The van der Waals surface area contributed by atoms with E-state index >= 15 is 0 Å². The van der Waals surface area contributed by atoms with Gasteiger partial charge in [0, 0.05) is 16.8 Å². The molecule has 128 valence electrons. The van der Waals surface area contributed by atoms with Crippen LogP contribution in [0.4, 0.5) is 11.4 Å². The monoisotopic (exact) mass is 330 g/mol. The van der Waals surface area contributed by atoms with Crippen LogP contribution in [0.3, 0.4) is 0 Å². The zero-order valence-corrected chi connectivity index (χ0v) is 15.4. The van der Waals surface area contributed by atoms with Crippen LogP contribution in [0.15, 0.2) is 48.5 Å². The van der Waals surface area contributed by atoms with Crippen LogP contribution >= 0.6 is 0 Å². The minimum absolute atomic E-state index is 0.138. The Labute approximate surface area is 150 Å². The standard InChI is InChI=1S/C23H26N2/c1-23(2,3)16-13-14-19-21(15-16)25-20-12-8-7-11-18(20)22(19)24-17-9-5-4-6-10-17/h4-6,9-10,13-15H,7-8,11-12H2,1-3H3,(H,24,25). The maximum absolute atomic E-state index is 5.05. The molecule has 0 spiro atoms. The highest BCUT2D eigenvalue weighted by atomic mass is 14.9. The van der Waals surface area contributed by atoms with Crippen molar-refractivity contribution in [1.82, 2.24) is 4.98 Å². The van der Waals surface area contributed by atoms with Gasteiger partial charge in [-0.05, 0) is 60.4 Å². The third-order valence-corrected chi connectivity index (χ3v) is 5.17. The van der Waals surface area contributed by atoms with E-state index in [0.29, 0.717) is 0 Å². The summed E-state index contributed by atoms with van der Waals surface area (Å²) in [5.41, 5.74) is 7.68. The van der Waals surface area contributed by atoms with Gasteiger partial charge in [0.1, 0.15) is 0 Å². The first-order chi connectivity index (χ1) is 12.0. The maximum Gasteiger partial charge on any atom is 0.0729 e. The van der Waals surface area contributed by atoms with Crippen molar-refractivity contribution in [2.24, 2.45) is 0 Å². The molecule has 0 atom stereocenters. The van der Waals surface area contributed by atoms with Crippen molar-refractivity contribution in [1.29, 1.82) is 0 Å². The number of aryl methyl sites for hydroxylation is 1.